The molecule has 1 aromatic heterocycles. The predicted molar refractivity (Wildman–Crippen MR) is 123 cm³/mol. The molecule has 0 saturated heterocycles. The zero-order valence-corrected chi connectivity index (χ0v) is 18.2. The van der Waals surface area contributed by atoms with Gasteiger partial charge in [-0.2, -0.15) is 5.10 Å². The van der Waals surface area contributed by atoms with Gasteiger partial charge in [0.2, 0.25) is 0 Å². The van der Waals surface area contributed by atoms with Crippen LogP contribution in [0.4, 0.5) is 0 Å². The number of carbonyl (C=O) groups excluding carboxylic acids is 1. The van der Waals surface area contributed by atoms with E-state index in [4.69, 9.17) is 0 Å². The monoisotopic (exact) mass is 473 g/mol. The molecule has 0 fully saturated rings. The number of benzene rings is 3. The van der Waals surface area contributed by atoms with E-state index in [1.54, 1.807) is 12.1 Å². The highest BCUT2D eigenvalue weighted by Crippen LogP contribution is 2.44. The molecule has 0 bridgehead atoms. The van der Waals surface area contributed by atoms with Crippen LogP contribution >= 0.6 is 15.9 Å². The number of carbonyl (C=O) groups is 1. The van der Waals surface area contributed by atoms with Gasteiger partial charge in [-0.3, -0.25) is 9.89 Å². The van der Waals surface area contributed by atoms with Crippen molar-refractivity contribution < 1.29 is 9.90 Å². The third kappa shape index (κ3) is 3.53. The van der Waals surface area contributed by atoms with Crippen molar-refractivity contribution in [1.82, 2.24) is 15.1 Å². The normalized spacial score (nSPS) is 15.3. The van der Waals surface area contributed by atoms with Gasteiger partial charge in [-0.05, 0) is 41.8 Å². The van der Waals surface area contributed by atoms with Crippen LogP contribution in [0.25, 0.3) is 11.3 Å². The lowest BCUT2D eigenvalue weighted by Crippen LogP contribution is -2.31. The zero-order chi connectivity index (χ0) is 21.4. The Hall–Kier alpha value is -3.38. The number of H-pyrrole nitrogens is 1. The summed E-state index contributed by atoms with van der Waals surface area (Å²) >= 11 is 3.50. The van der Waals surface area contributed by atoms with Crippen molar-refractivity contribution in [1.29, 1.82) is 0 Å². The van der Waals surface area contributed by atoms with Gasteiger partial charge >= 0.3 is 0 Å². The van der Waals surface area contributed by atoms with E-state index in [2.05, 4.69) is 38.3 Å². The molecule has 154 valence electrons. The van der Waals surface area contributed by atoms with Gasteiger partial charge in [0, 0.05) is 22.1 Å². The van der Waals surface area contributed by atoms with Crippen molar-refractivity contribution in [2.75, 3.05) is 6.54 Å². The van der Waals surface area contributed by atoms with E-state index in [1.165, 1.54) is 5.56 Å². The van der Waals surface area contributed by atoms with Crippen LogP contribution in [0.5, 0.6) is 5.75 Å². The number of aromatic amines is 1. The molecule has 4 aromatic rings. The molecule has 0 aliphatic carbocycles. The van der Waals surface area contributed by atoms with Gasteiger partial charge in [0.05, 0.1) is 6.04 Å². The second-order valence-electron chi connectivity index (χ2n) is 7.57. The first-order valence-corrected chi connectivity index (χ1v) is 10.9. The number of amides is 1. The van der Waals surface area contributed by atoms with E-state index >= 15 is 0 Å². The Bertz CT molecular complexity index is 1240. The van der Waals surface area contributed by atoms with E-state index in [1.807, 2.05) is 59.5 Å². The van der Waals surface area contributed by atoms with Gasteiger partial charge < -0.3 is 10.0 Å². The predicted octanol–water partition coefficient (Wildman–Crippen LogP) is 5.33. The number of phenolic OH excluding ortho intramolecular Hbond substituents is 1. The van der Waals surface area contributed by atoms with Gasteiger partial charge in [-0.25, -0.2) is 0 Å². The van der Waals surface area contributed by atoms with Gasteiger partial charge in [0.25, 0.3) is 5.91 Å². The average molecular weight is 474 g/mol. The second kappa shape index (κ2) is 8.04. The van der Waals surface area contributed by atoms with Crippen LogP contribution in [0.1, 0.15) is 33.2 Å². The van der Waals surface area contributed by atoms with Crippen LogP contribution < -0.4 is 0 Å². The second-order valence-corrected chi connectivity index (χ2v) is 8.48. The van der Waals surface area contributed by atoms with E-state index in [9.17, 15) is 9.90 Å². The Morgan fingerprint density at radius 1 is 0.968 bits per heavy atom. The smallest absolute Gasteiger partial charge is 0.273 e. The minimum atomic E-state index is -0.285. The molecule has 0 saturated carbocycles. The first-order valence-electron chi connectivity index (χ1n) is 10.1. The maximum Gasteiger partial charge on any atom is 0.273 e. The lowest BCUT2D eigenvalue weighted by atomic mass is 9.95. The minimum Gasteiger partial charge on any atom is -0.507 e. The summed E-state index contributed by atoms with van der Waals surface area (Å²) < 4.78 is 0.977. The fourth-order valence-electron chi connectivity index (χ4n) is 4.19. The molecule has 1 amide bonds. The van der Waals surface area contributed by atoms with Gasteiger partial charge in [-0.1, -0.05) is 70.5 Å². The van der Waals surface area contributed by atoms with Crippen molar-refractivity contribution in [3.8, 4) is 17.0 Å². The number of rotatable bonds is 5. The molecule has 1 aliphatic rings. The number of para-hydroxylation sites is 1. The molecule has 0 spiro atoms. The van der Waals surface area contributed by atoms with Crippen molar-refractivity contribution in [2.24, 2.45) is 0 Å². The minimum absolute atomic E-state index is 0.0759. The topological polar surface area (TPSA) is 69.2 Å². The van der Waals surface area contributed by atoms with Crippen LogP contribution in [-0.4, -0.2) is 32.7 Å². The summed E-state index contributed by atoms with van der Waals surface area (Å²) in [5.74, 6) is 0.0644. The summed E-state index contributed by atoms with van der Waals surface area (Å²) in [6, 6.07) is 25.0. The van der Waals surface area contributed by atoms with Crippen LogP contribution in [0.2, 0.25) is 0 Å². The summed E-state index contributed by atoms with van der Waals surface area (Å²) in [6.07, 6.45) is 0.753. The highest BCUT2D eigenvalue weighted by molar-refractivity contribution is 9.10. The van der Waals surface area contributed by atoms with Crippen molar-refractivity contribution >= 4 is 21.8 Å². The van der Waals surface area contributed by atoms with Crippen molar-refractivity contribution in [3.63, 3.8) is 0 Å². The molecule has 5 rings (SSSR count). The Balaban J connectivity index is 1.59. The first kappa shape index (κ1) is 19.6. The Morgan fingerprint density at radius 2 is 1.68 bits per heavy atom. The third-order valence-electron chi connectivity index (χ3n) is 5.69. The van der Waals surface area contributed by atoms with Crippen LogP contribution in [0.3, 0.4) is 0 Å². The number of aromatic hydroxyl groups is 1. The van der Waals surface area contributed by atoms with Gasteiger partial charge in [-0.15, -0.1) is 0 Å². The molecule has 1 aliphatic heterocycles. The molecule has 2 N–H and O–H groups in total. The summed E-state index contributed by atoms with van der Waals surface area (Å²) in [7, 11) is 0. The average Bonchev–Trinajstić information content (AvgIpc) is 3.33. The lowest BCUT2D eigenvalue weighted by molar-refractivity contribution is 0.0746. The number of fused-ring (bicyclic) bond motifs is 1. The van der Waals surface area contributed by atoms with E-state index in [-0.39, 0.29) is 17.7 Å². The highest BCUT2D eigenvalue weighted by Gasteiger charge is 2.42. The lowest BCUT2D eigenvalue weighted by Gasteiger charge is -2.26. The Labute approximate surface area is 188 Å². The van der Waals surface area contributed by atoms with E-state index in [0.29, 0.717) is 23.5 Å². The van der Waals surface area contributed by atoms with Crippen LogP contribution in [-0.2, 0) is 6.42 Å². The molecule has 5 nitrogen and oxygen atoms in total. The fourth-order valence-corrected chi connectivity index (χ4v) is 4.46. The largest absolute Gasteiger partial charge is 0.507 e. The summed E-state index contributed by atoms with van der Waals surface area (Å²) in [6.45, 7) is 0.576. The standard InChI is InChI=1S/C25H20BrN3O2/c26-18-12-10-17(11-13-18)24-21-22(19-8-4-5-9-20(19)30)27-28-23(21)25(31)29(24)15-14-16-6-2-1-3-7-16/h1-13,24,30H,14-15H2,(H,27,28)/t24-/m1/s1. The molecule has 2 heterocycles. The SMILES string of the molecule is O=C1c2[nH]nc(-c3ccccc3O)c2[C@@H](c2ccc(Br)cc2)N1CCc1ccccc1. The number of hydrogen-bond donors (Lipinski definition) is 2. The molecule has 31 heavy (non-hydrogen) atoms. The number of nitrogens with one attached hydrogen (secondary N) is 1. The van der Waals surface area contributed by atoms with E-state index in [0.717, 1.165) is 22.0 Å². The molecule has 0 unspecified atom stereocenters. The molecular formula is C25H20BrN3O2. The quantitative estimate of drug-likeness (QED) is 0.411. The summed E-state index contributed by atoms with van der Waals surface area (Å²) in [5.41, 5.74) is 4.69. The number of halogens is 1. The number of phenols is 1. The Morgan fingerprint density at radius 3 is 2.42 bits per heavy atom. The molecule has 3 aromatic carbocycles. The Kier molecular flexibility index (Phi) is 5.08. The molecular weight excluding hydrogens is 454 g/mol. The van der Waals surface area contributed by atoms with Crippen molar-refractivity contribution in [2.45, 2.75) is 12.5 Å². The van der Waals surface area contributed by atoms with Gasteiger partial charge in [0.1, 0.15) is 17.1 Å². The van der Waals surface area contributed by atoms with Gasteiger partial charge in [0.15, 0.2) is 0 Å². The third-order valence-corrected chi connectivity index (χ3v) is 6.22. The van der Waals surface area contributed by atoms with Crippen LogP contribution in [0.15, 0.2) is 83.3 Å². The number of nitrogens with zero attached hydrogens (tertiary/aromatic N) is 2. The fraction of sp³-hybridized carbons (Fsp3) is 0.120. The molecule has 1 atom stereocenters. The summed E-state index contributed by atoms with van der Waals surface area (Å²) in [4.78, 5) is 15.3. The maximum atomic E-state index is 13.4. The zero-order valence-electron chi connectivity index (χ0n) is 16.6. The highest BCUT2D eigenvalue weighted by atomic mass is 79.9. The van der Waals surface area contributed by atoms with E-state index < -0.39 is 0 Å². The van der Waals surface area contributed by atoms with Crippen LogP contribution in [0, 0.1) is 0 Å². The maximum absolute atomic E-state index is 13.4. The number of aromatic nitrogens is 2. The molecule has 0 radical (unpaired) electrons. The first-order chi connectivity index (χ1) is 15.1. The molecule has 6 heteroatoms. The number of hydrogen-bond acceptors (Lipinski definition) is 3. The summed E-state index contributed by atoms with van der Waals surface area (Å²) in [5, 5.41) is 17.8. The van der Waals surface area contributed by atoms with Crippen molar-refractivity contribution in [3.05, 3.63) is 106 Å².